The highest BCUT2D eigenvalue weighted by Gasteiger charge is 2.13. The standard InChI is InChI=1S/C11H15F2NO/c1-7(6-15)14-8(2)10-5-9(12)3-4-11(10)13/h3-5,7-8,14-15H,6H2,1-2H3/t7-,8?/m0/s1. The van der Waals surface area contributed by atoms with Gasteiger partial charge in [-0.3, -0.25) is 0 Å². The Morgan fingerprint density at radius 1 is 1.33 bits per heavy atom. The Morgan fingerprint density at radius 2 is 2.00 bits per heavy atom. The average Bonchev–Trinajstić information content (AvgIpc) is 2.21. The highest BCUT2D eigenvalue weighted by atomic mass is 19.1. The molecule has 4 heteroatoms. The Kier molecular flexibility index (Phi) is 4.17. The highest BCUT2D eigenvalue weighted by molar-refractivity contribution is 5.21. The number of hydrogen-bond donors (Lipinski definition) is 2. The van der Waals surface area contributed by atoms with E-state index in [2.05, 4.69) is 5.32 Å². The molecule has 84 valence electrons. The first-order chi connectivity index (χ1) is 7.04. The van der Waals surface area contributed by atoms with E-state index in [1.54, 1.807) is 13.8 Å². The zero-order chi connectivity index (χ0) is 11.4. The second-order valence-electron chi connectivity index (χ2n) is 3.64. The quantitative estimate of drug-likeness (QED) is 0.805. The van der Waals surface area contributed by atoms with Crippen LogP contribution in [0.5, 0.6) is 0 Å². The molecule has 0 saturated carbocycles. The Labute approximate surface area is 87.9 Å². The number of nitrogens with one attached hydrogen (secondary N) is 1. The van der Waals surface area contributed by atoms with Crippen LogP contribution >= 0.6 is 0 Å². The molecule has 1 aromatic rings. The molecule has 15 heavy (non-hydrogen) atoms. The van der Waals surface area contributed by atoms with E-state index in [4.69, 9.17) is 5.11 Å². The van der Waals surface area contributed by atoms with Crippen LogP contribution in [0.4, 0.5) is 8.78 Å². The molecule has 0 saturated heterocycles. The maximum absolute atomic E-state index is 13.3. The number of benzene rings is 1. The zero-order valence-electron chi connectivity index (χ0n) is 8.80. The first-order valence-electron chi connectivity index (χ1n) is 4.86. The van der Waals surface area contributed by atoms with Crippen LogP contribution in [-0.4, -0.2) is 17.8 Å². The van der Waals surface area contributed by atoms with Gasteiger partial charge in [0.25, 0.3) is 0 Å². The molecule has 0 aliphatic rings. The summed E-state index contributed by atoms with van der Waals surface area (Å²) in [5.41, 5.74) is 0.273. The Hall–Kier alpha value is -1.00. The third-order valence-electron chi connectivity index (χ3n) is 2.23. The van der Waals surface area contributed by atoms with Gasteiger partial charge in [-0.2, -0.15) is 0 Å². The Balaban J connectivity index is 2.80. The lowest BCUT2D eigenvalue weighted by atomic mass is 10.1. The van der Waals surface area contributed by atoms with Gasteiger partial charge in [-0.15, -0.1) is 0 Å². The lowest BCUT2D eigenvalue weighted by Gasteiger charge is -2.19. The van der Waals surface area contributed by atoms with Crippen molar-refractivity contribution in [3.63, 3.8) is 0 Å². The molecule has 0 radical (unpaired) electrons. The molecule has 0 heterocycles. The summed E-state index contributed by atoms with van der Waals surface area (Å²) < 4.78 is 26.2. The predicted octanol–water partition coefficient (Wildman–Crippen LogP) is 2.00. The van der Waals surface area contributed by atoms with Crippen molar-refractivity contribution in [1.82, 2.24) is 5.32 Å². The van der Waals surface area contributed by atoms with Gasteiger partial charge in [0.05, 0.1) is 6.61 Å². The summed E-state index contributed by atoms with van der Waals surface area (Å²) in [5, 5.41) is 11.8. The van der Waals surface area contributed by atoms with E-state index >= 15 is 0 Å². The molecule has 0 bridgehead atoms. The molecule has 2 N–H and O–H groups in total. The van der Waals surface area contributed by atoms with E-state index in [-0.39, 0.29) is 24.3 Å². The van der Waals surface area contributed by atoms with Crippen LogP contribution < -0.4 is 5.32 Å². The first-order valence-corrected chi connectivity index (χ1v) is 4.86. The molecule has 1 unspecified atom stereocenters. The third-order valence-corrected chi connectivity index (χ3v) is 2.23. The van der Waals surface area contributed by atoms with Crippen LogP contribution in [0.1, 0.15) is 25.5 Å². The summed E-state index contributed by atoms with van der Waals surface area (Å²) in [6.07, 6.45) is 0. The monoisotopic (exact) mass is 215 g/mol. The summed E-state index contributed by atoms with van der Waals surface area (Å²) in [5.74, 6) is -0.904. The van der Waals surface area contributed by atoms with E-state index in [1.165, 1.54) is 0 Å². The molecule has 0 spiro atoms. The fourth-order valence-corrected chi connectivity index (χ4v) is 1.42. The maximum atomic E-state index is 13.3. The van der Waals surface area contributed by atoms with Gasteiger partial charge in [-0.1, -0.05) is 0 Å². The van der Waals surface area contributed by atoms with Crippen LogP contribution in [0.2, 0.25) is 0 Å². The maximum Gasteiger partial charge on any atom is 0.128 e. The molecule has 0 fully saturated rings. The van der Waals surface area contributed by atoms with Crippen LogP contribution in [0.3, 0.4) is 0 Å². The number of halogens is 2. The summed E-state index contributed by atoms with van der Waals surface area (Å²) in [7, 11) is 0. The third kappa shape index (κ3) is 3.25. The van der Waals surface area contributed by atoms with Gasteiger partial charge >= 0.3 is 0 Å². The molecule has 0 aliphatic carbocycles. The number of hydrogen-bond acceptors (Lipinski definition) is 2. The lowest BCUT2D eigenvalue weighted by molar-refractivity contribution is 0.242. The zero-order valence-corrected chi connectivity index (χ0v) is 8.80. The Morgan fingerprint density at radius 3 is 2.60 bits per heavy atom. The highest BCUT2D eigenvalue weighted by Crippen LogP contribution is 2.18. The van der Waals surface area contributed by atoms with Crippen molar-refractivity contribution in [1.29, 1.82) is 0 Å². The molecule has 2 atom stereocenters. The summed E-state index contributed by atoms with van der Waals surface area (Å²) in [6, 6.07) is 2.87. The van der Waals surface area contributed by atoms with Crippen LogP contribution in [0.25, 0.3) is 0 Å². The lowest BCUT2D eigenvalue weighted by Crippen LogP contribution is -2.32. The van der Waals surface area contributed by atoms with Gasteiger partial charge in [0.15, 0.2) is 0 Å². The normalized spacial score (nSPS) is 15.0. The van der Waals surface area contributed by atoms with Gasteiger partial charge in [0.1, 0.15) is 11.6 Å². The average molecular weight is 215 g/mol. The van der Waals surface area contributed by atoms with Crippen LogP contribution in [-0.2, 0) is 0 Å². The predicted molar refractivity (Wildman–Crippen MR) is 54.5 cm³/mol. The Bertz CT molecular complexity index is 330. The van der Waals surface area contributed by atoms with Gasteiger partial charge in [0, 0.05) is 17.6 Å². The molecular weight excluding hydrogens is 200 g/mol. The second kappa shape index (κ2) is 5.19. The summed E-state index contributed by atoms with van der Waals surface area (Å²) in [6.45, 7) is 3.46. The number of rotatable bonds is 4. The number of aliphatic hydroxyl groups is 1. The van der Waals surface area contributed by atoms with E-state index in [9.17, 15) is 8.78 Å². The molecule has 1 aromatic carbocycles. The fourth-order valence-electron chi connectivity index (χ4n) is 1.42. The molecule has 1 rings (SSSR count). The minimum Gasteiger partial charge on any atom is -0.395 e. The van der Waals surface area contributed by atoms with Crippen molar-refractivity contribution in [2.75, 3.05) is 6.61 Å². The van der Waals surface area contributed by atoms with E-state index in [0.29, 0.717) is 0 Å². The van der Waals surface area contributed by atoms with Gasteiger partial charge in [0.2, 0.25) is 0 Å². The van der Waals surface area contributed by atoms with Crippen LogP contribution in [0, 0.1) is 11.6 Å². The summed E-state index contributed by atoms with van der Waals surface area (Å²) in [4.78, 5) is 0. The first kappa shape index (κ1) is 12.1. The minimum atomic E-state index is -0.461. The van der Waals surface area contributed by atoms with Crippen molar-refractivity contribution in [2.45, 2.75) is 25.9 Å². The van der Waals surface area contributed by atoms with Crippen molar-refractivity contribution in [3.05, 3.63) is 35.4 Å². The largest absolute Gasteiger partial charge is 0.395 e. The topological polar surface area (TPSA) is 32.3 Å². The molecular formula is C11H15F2NO. The molecule has 0 amide bonds. The molecule has 0 aromatic heterocycles. The molecule has 0 aliphatic heterocycles. The summed E-state index contributed by atoms with van der Waals surface area (Å²) >= 11 is 0. The second-order valence-corrected chi connectivity index (χ2v) is 3.64. The smallest absolute Gasteiger partial charge is 0.128 e. The fraction of sp³-hybridized carbons (Fsp3) is 0.455. The van der Waals surface area contributed by atoms with Crippen molar-refractivity contribution >= 4 is 0 Å². The minimum absolute atomic E-state index is 0.0404. The molecule has 2 nitrogen and oxygen atoms in total. The van der Waals surface area contributed by atoms with Crippen molar-refractivity contribution in [3.8, 4) is 0 Å². The van der Waals surface area contributed by atoms with E-state index in [1.807, 2.05) is 0 Å². The van der Waals surface area contributed by atoms with E-state index < -0.39 is 11.6 Å². The van der Waals surface area contributed by atoms with Crippen molar-refractivity contribution < 1.29 is 13.9 Å². The van der Waals surface area contributed by atoms with Crippen molar-refractivity contribution in [2.24, 2.45) is 0 Å². The number of aliphatic hydroxyl groups excluding tert-OH is 1. The van der Waals surface area contributed by atoms with Gasteiger partial charge in [-0.05, 0) is 32.0 Å². The van der Waals surface area contributed by atoms with E-state index in [0.717, 1.165) is 18.2 Å². The van der Waals surface area contributed by atoms with Crippen LogP contribution in [0.15, 0.2) is 18.2 Å². The SMILES string of the molecule is CC(N[C@@H](C)CO)c1cc(F)ccc1F. The van der Waals surface area contributed by atoms with Gasteiger partial charge < -0.3 is 10.4 Å². The van der Waals surface area contributed by atoms with Gasteiger partial charge in [-0.25, -0.2) is 8.78 Å².